The van der Waals surface area contributed by atoms with Gasteiger partial charge >= 0.3 is 0 Å². The van der Waals surface area contributed by atoms with E-state index in [0.717, 1.165) is 11.3 Å². The molecule has 0 spiro atoms. The van der Waals surface area contributed by atoms with Gasteiger partial charge in [0.2, 0.25) is 10.0 Å². The van der Waals surface area contributed by atoms with Crippen molar-refractivity contribution in [2.75, 3.05) is 13.7 Å². The van der Waals surface area contributed by atoms with E-state index >= 15 is 0 Å². The fourth-order valence-electron chi connectivity index (χ4n) is 3.07. The molecule has 7 nitrogen and oxygen atoms in total. The summed E-state index contributed by atoms with van der Waals surface area (Å²) >= 11 is 1.09. The summed E-state index contributed by atoms with van der Waals surface area (Å²) in [5.74, 6) is 0.583. The van der Waals surface area contributed by atoms with Crippen molar-refractivity contribution in [3.63, 3.8) is 0 Å². The van der Waals surface area contributed by atoms with E-state index in [0.29, 0.717) is 22.4 Å². The van der Waals surface area contributed by atoms with Crippen LogP contribution in [0.2, 0.25) is 0 Å². The molecule has 0 aliphatic heterocycles. The van der Waals surface area contributed by atoms with Crippen LogP contribution in [0.25, 0.3) is 0 Å². The summed E-state index contributed by atoms with van der Waals surface area (Å²) in [6.07, 6.45) is 2.97. The number of sulfonamides is 1. The summed E-state index contributed by atoms with van der Waals surface area (Å²) < 4.78 is 60.2. The van der Waals surface area contributed by atoms with Crippen molar-refractivity contribution in [1.82, 2.24) is 9.71 Å². The highest BCUT2D eigenvalue weighted by atomic mass is 32.2. The lowest BCUT2D eigenvalue weighted by molar-refractivity contribution is 0.411. The molecule has 0 aliphatic carbocycles. The van der Waals surface area contributed by atoms with Crippen LogP contribution in [-0.4, -0.2) is 35.5 Å². The topological polar surface area (TPSA) is 102 Å². The molecule has 3 aromatic rings. The van der Waals surface area contributed by atoms with Gasteiger partial charge in [0.15, 0.2) is 9.84 Å². The standard InChI is InChI=1S/C20H22N2O5S3/c1-14-11-18(15(2)10-17(14)27-3)30(25,26)22-13-19(16-6-4-8-21-12-16)29(23,24)20-7-5-9-28-20/h4-12,19,22H,13H2,1-3H3/t19-/m1/s1. The van der Waals surface area contributed by atoms with Gasteiger partial charge in [0, 0.05) is 18.9 Å². The molecule has 30 heavy (non-hydrogen) atoms. The van der Waals surface area contributed by atoms with E-state index in [1.165, 1.54) is 31.6 Å². The second-order valence-electron chi connectivity index (χ2n) is 6.69. The number of nitrogens with one attached hydrogen (secondary N) is 1. The minimum atomic E-state index is -3.96. The minimum absolute atomic E-state index is 0.0826. The first-order valence-corrected chi connectivity index (χ1v) is 12.9. The Morgan fingerprint density at radius 1 is 1.10 bits per heavy atom. The smallest absolute Gasteiger partial charge is 0.240 e. The monoisotopic (exact) mass is 466 g/mol. The van der Waals surface area contributed by atoms with Gasteiger partial charge in [0.05, 0.1) is 12.0 Å². The summed E-state index contributed by atoms with van der Waals surface area (Å²) in [6.45, 7) is 3.09. The Morgan fingerprint density at radius 2 is 1.87 bits per heavy atom. The Balaban J connectivity index is 1.96. The molecular weight excluding hydrogens is 444 g/mol. The number of aromatic nitrogens is 1. The molecule has 0 saturated carbocycles. The van der Waals surface area contributed by atoms with Crippen molar-refractivity contribution in [2.45, 2.75) is 28.2 Å². The van der Waals surface area contributed by atoms with E-state index in [1.807, 2.05) is 0 Å². The molecule has 1 atom stereocenters. The number of ether oxygens (including phenoxy) is 1. The van der Waals surface area contributed by atoms with E-state index in [2.05, 4.69) is 9.71 Å². The summed E-state index contributed by atoms with van der Waals surface area (Å²) in [7, 11) is -6.25. The molecular formula is C20H22N2O5S3. The number of hydrogen-bond acceptors (Lipinski definition) is 7. The predicted octanol–water partition coefficient (Wildman–Crippen LogP) is 3.26. The van der Waals surface area contributed by atoms with Crippen LogP contribution in [0.15, 0.2) is 63.3 Å². The quantitative estimate of drug-likeness (QED) is 0.547. The molecule has 10 heteroatoms. The number of thiophene rings is 1. The first-order valence-electron chi connectivity index (χ1n) is 8.99. The van der Waals surface area contributed by atoms with E-state index < -0.39 is 25.1 Å². The molecule has 3 rings (SSSR count). The Morgan fingerprint density at radius 3 is 2.47 bits per heavy atom. The van der Waals surface area contributed by atoms with E-state index in [9.17, 15) is 16.8 Å². The number of pyridine rings is 1. The summed E-state index contributed by atoms with van der Waals surface area (Å²) in [5, 5.41) is 0.556. The van der Waals surface area contributed by atoms with Crippen molar-refractivity contribution in [3.8, 4) is 5.75 Å². The van der Waals surface area contributed by atoms with Crippen LogP contribution < -0.4 is 9.46 Å². The number of hydrogen-bond donors (Lipinski definition) is 1. The molecule has 1 N–H and O–H groups in total. The highest BCUT2D eigenvalue weighted by Crippen LogP contribution is 2.32. The lowest BCUT2D eigenvalue weighted by atomic mass is 10.1. The first-order chi connectivity index (χ1) is 14.2. The van der Waals surface area contributed by atoms with Gasteiger partial charge in [-0.25, -0.2) is 21.6 Å². The lowest BCUT2D eigenvalue weighted by Crippen LogP contribution is -2.32. The average molecular weight is 467 g/mol. The zero-order chi connectivity index (χ0) is 21.9. The number of aryl methyl sites for hydroxylation is 2. The van der Waals surface area contributed by atoms with Crippen molar-refractivity contribution < 1.29 is 21.6 Å². The molecule has 0 bridgehead atoms. The molecule has 0 saturated heterocycles. The fourth-order valence-corrected chi connectivity index (χ4v) is 7.39. The Hall–Kier alpha value is -2.27. The maximum atomic E-state index is 13.2. The van der Waals surface area contributed by atoms with Gasteiger partial charge in [-0.3, -0.25) is 4.98 Å². The average Bonchev–Trinajstić information content (AvgIpc) is 3.26. The van der Waals surface area contributed by atoms with Gasteiger partial charge in [0.1, 0.15) is 15.2 Å². The van der Waals surface area contributed by atoms with Crippen LogP contribution in [-0.2, 0) is 19.9 Å². The van der Waals surface area contributed by atoms with E-state index in [-0.39, 0.29) is 15.6 Å². The molecule has 0 amide bonds. The summed E-state index contributed by atoms with van der Waals surface area (Å²) in [5.41, 5.74) is 1.58. The molecule has 1 aromatic carbocycles. The molecule has 0 fully saturated rings. The number of benzene rings is 1. The van der Waals surface area contributed by atoms with Gasteiger partial charge < -0.3 is 4.74 Å². The number of sulfone groups is 1. The fraction of sp³-hybridized carbons (Fsp3) is 0.250. The first kappa shape index (κ1) is 22.4. The van der Waals surface area contributed by atoms with Crippen LogP contribution >= 0.6 is 11.3 Å². The van der Waals surface area contributed by atoms with Gasteiger partial charge in [0.25, 0.3) is 0 Å². The highest BCUT2D eigenvalue weighted by Gasteiger charge is 2.32. The van der Waals surface area contributed by atoms with Gasteiger partial charge in [-0.1, -0.05) is 12.1 Å². The third-order valence-corrected chi connectivity index (χ3v) is 9.74. The summed E-state index contributed by atoms with van der Waals surface area (Å²) in [4.78, 5) is 4.08. The molecule has 160 valence electrons. The van der Waals surface area contributed by atoms with Crippen LogP contribution in [0, 0.1) is 13.8 Å². The predicted molar refractivity (Wildman–Crippen MR) is 116 cm³/mol. The normalized spacial score (nSPS) is 13.2. The van der Waals surface area contributed by atoms with Crippen LogP contribution in [0.1, 0.15) is 21.9 Å². The van der Waals surface area contributed by atoms with Crippen LogP contribution in [0.3, 0.4) is 0 Å². The Bertz CT molecular complexity index is 1220. The third kappa shape index (κ3) is 4.56. The Labute approximate surface area is 180 Å². The number of methoxy groups -OCH3 is 1. The minimum Gasteiger partial charge on any atom is -0.496 e. The van der Waals surface area contributed by atoms with E-state index in [1.54, 1.807) is 43.5 Å². The molecule has 2 heterocycles. The van der Waals surface area contributed by atoms with Crippen molar-refractivity contribution >= 4 is 31.2 Å². The second kappa shape index (κ2) is 8.84. The Kier molecular flexibility index (Phi) is 6.61. The van der Waals surface area contributed by atoms with Crippen molar-refractivity contribution in [3.05, 3.63) is 70.9 Å². The SMILES string of the molecule is COc1cc(C)c(S(=O)(=O)NC[C@H](c2cccnc2)S(=O)(=O)c2cccs2)cc1C. The van der Waals surface area contributed by atoms with Gasteiger partial charge in [-0.15, -0.1) is 11.3 Å². The van der Waals surface area contributed by atoms with Gasteiger partial charge in [-0.2, -0.15) is 0 Å². The van der Waals surface area contributed by atoms with Crippen LogP contribution in [0.4, 0.5) is 0 Å². The van der Waals surface area contributed by atoms with Gasteiger partial charge in [-0.05, 0) is 60.2 Å². The van der Waals surface area contributed by atoms with Crippen molar-refractivity contribution in [1.29, 1.82) is 0 Å². The number of nitrogens with zero attached hydrogens (tertiary/aromatic N) is 1. The second-order valence-corrected chi connectivity index (χ2v) is 11.7. The zero-order valence-electron chi connectivity index (χ0n) is 16.7. The molecule has 2 aromatic heterocycles. The van der Waals surface area contributed by atoms with Crippen molar-refractivity contribution in [2.24, 2.45) is 0 Å². The maximum absolute atomic E-state index is 13.2. The molecule has 0 aliphatic rings. The lowest BCUT2D eigenvalue weighted by Gasteiger charge is -2.19. The highest BCUT2D eigenvalue weighted by molar-refractivity contribution is 7.93. The molecule has 0 unspecified atom stereocenters. The van der Waals surface area contributed by atoms with E-state index in [4.69, 9.17) is 4.74 Å². The third-order valence-electron chi connectivity index (χ3n) is 4.65. The maximum Gasteiger partial charge on any atom is 0.240 e. The van der Waals surface area contributed by atoms with Crippen LogP contribution in [0.5, 0.6) is 5.75 Å². The zero-order valence-corrected chi connectivity index (χ0v) is 19.1. The number of rotatable bonds is 8. The summed E-state index contributed by atoms with van der Waals surface area (Å²) in [6, 6.07) is 9.56. The molecule has 0 radical (unpaired) electrons. The largest absolute Gasteiger partial charge is 0.496 e.